The Morgan fingerprint density at radius 3 is 2.69 bits per heavy atom. The molecular weight excluding hydrogens is 450 g/mol. The molecule has 1 amide bonds. The van der Waals surface area contributed by atoms with Crippen molar-refractivity contribution in [3.8, 4) is 22.6 Å². The zero-order valence-corrected chi connectivity index (χ0v) is 18.8. The molecule has 0 unspecified atom stereocenters. The molecule has 32 heavy (non-hydrogen) atoms. The lowest BCUT2D eigenvalue weighted by molar-refractivity contribution is -0.116. The molecule has 6 nitrogen and oxygen atoms in total. The Labute approximate surface area is 194 Å². The summed E-state index contributed by atoms with van der Waals surface area (Å²) >= 11 is 7.18. The van der Waals surface area contributed by atoms with Crippen molar-refractivity contribution in [3.05, 3.63) is 75.5 Å². The third-order valence-electron chi connectivity index (χ3n) is 5.18. The smallest absolute Gasteiger partial charge is 0.346 e. The van der Waals surface area contributed by atoms with Crippen LogP contribution >= 0.6 is 22.9 Å². The highest BCUT2D eigenvalue weighted by atomic mass is 35.5. The number of carbonyl (C=O) groups excluding carboxylic acids is 1. The number of fused-ring (bicyclic) bond motifs is 1. The maximum absolute atomic E-state index is 12.7. The van der Waals surface area contributed by atoms with E-state index in [2.05, 4.69) is 11.9 Å². The number of hydrogen-bond donors (Lipinski definition) is 2. The van der Waals surface area contributed by atoms with Crippen molar-refractivity contribution in [1.29, 1.82) is 0 Å². The molecule has 2 N–H and O–H groups in total. The Morgan fingerprint density at radius 1 is 1.28 bits per heavy atom. The van der Waals surface area contributed by atoms with Gasteiger partial charge in [0.05, 0.1) is 12.8 Å². The van der Waals surface area contributed by atoms with Crippen LogP contribution in [0.2, 0.25) is 5.02 Å². The second-order valence-electron chi connectivity index (χ2n) is 7.17. The minimum Gasteiger partial charge on any atom is -0.493 e. The summed E-state index contributed by atoms with van der Waals surface area (Å²) < 4.78 is 11.1. The molecule has 2 heterocycles. The lowest BCUT2D eigenvalue weighted by Gasteiger charge is -2.24. The van der Waals surface area contributed by atoms with Gasteiger partial charge < -0.3 is 19.9 Å². The van der Waals surface area contributed by atoms with Crippen LogP contribution in [-0.2, 0) is 4.79 Å². The standard InChI is InChI=1S/C24H20ClNO5S/c1-3-10-31-18-11-14(6-9-17(18)30-2)16-12-19(27)26-21-20(13-4-7-15(25)8-5-13)23(24(28)29)32-22(16)21/h3-9,11,16H,1,10,12H2,2H3,(H,26,27)(H,28,29)/t16-/m0/s1. The molecule has 0 radical (unpaired) electrons. The molecule has 1 atom stereocenters. The van der Waals surface area contributed by atoms with Crippen LogP contribution < -0.4 is 14.8 Å². The first-order chi connectivity index (χ1) is 15.4. The van der Waals surface area contributed by atoms with Gasteiger partial charge in [-0.3, -0.25) is 4.79 Å². The van der Waals surface area contributed by atoms with Crippen LogP contribution in [0.4, 0.5) is 5.69 Å². The van der Waals surface area contributed by atoms with E-state index in [1.54, 1.807) is 43.5 Å². The normalized spacial score (nSPS) is 14.9. The predicted octanol–water partition coefficient (Wildman–Crippen LogP) is 5.81. The number of rotatable bonds is 7. The maximum atomic E-state index is 12.7. The highest BCUT2D eigenvalue weighted by Crippen LogP contribution is 2.50. The first kappa shape index (κ1) is 21.9. The zero-order chi connectivity index (χ0) is 22.8. The van der Waals surface area contributed by atoms with Crippen LogP contribution in [0, 0.1) is 0 Å². The Bertz CT molecular complexity index is 1200. The SMILES string of the molecule is C=CCOc1cc([C@@H]2CC(=O)Nc3c2sc(C(=O)O)c3-c2ccc(Cl)cc2)ccc1OC. The second kappa shape index (κ2) is 9.06. The molecule has 1 aliphatic heterocycles. The Balaban J connectivity index is 1.86. The molecule has 8 heteroatoms. The summed E-state index contributed by atoms with van der Waals surface area (Å²) in [5.41, 5.74) is 2.53. The van der Waals surface area contributed by atoms with Crippen molar-refractivity contribution < 1.29 is 24.2 Å². The Morgan fingerprint density at radius 2 is 2.03 bits per heavy atom. The molecule has 0 aliphatic carbocycles. The molecule has 2 aromatic carbocycles. The van der Waals surface area contributed by atoms with Gasteiger partial charge in [0.1, 0.15) is 11.5 Å². The summed E-state index contributed by atoms with van der Waals surface area (Å²) in [4.78, 5) is 25.7. The number of ether oxygens (including phenoxy) is 2. The van der Waals surface area contributed by atoms with Gasteiger partial charge in [-0.2, -0.15) is 0 Å². The number of carboxylic acid groups (broad SMARTS) is 1. The zero-order valence-electron chi connectivity index (χ0n) is 17.2. The number of carbonyl (C=O) groups is 2. The van der Waals surface area contributed by atoms with Gasteiger partial charge in [0.15, 0.2) is 11.5 Å². The van der Waals surface area contributed by atoms with Gasteiger partial charge in [-0.1, -0.05) is 42.5 Å². The van der Waals surface area contributed by atoms with E-state index < -0.39 is 5.97 Å². The van der Waals surface area contributed by atoms with Gasteiger partial charge in [0, 0.05) is 27.8 Å². The molecule has 0 bridgehead atoms. The van der Waals surface area contributed by atoms with E-state index in [4.69, 9.17) is 21.1 Å². The summed E-state index contributed by atoms with van der Waals surface area (Å²) in [5, 5.41) is 13.3. The van der Waals surface area contributed by atoms with E-state index in [9.17, 15) is 14.7 Å². The summed E-state index contributed by atoms with van der Waals surface area (Å²) in [5.74, 6) is -0.454. The third kappa shape index (κ3) is 4.09. The summed E-state index contributed by atoms with van der Waals surface area (Å²) in [6.07, 6.45) is 1.83. The lowest BCUT2D eigenvalue weighted by Crippen LogP contribution is -2.22. The quantitative estimate of drug-likeness (QED) is 0.426. The summed E-state index contributed by atoms with van der Waals surface area (Å²) in [7, 11) is 1.55. The number of anilines is 1. The van der Waals surface area contributed by atoms with Gasteiger partial charge in [-0.05, 0) is 35.4 Å². The van der Waals surface area contributed by atoms with Crippen molar-refractivity contribution >= 4 is 40.5 Å². The molecule has 0 saturated carbocycles. The number of hydrogen-bond acceptors (Lipinski definition) is 5. The van der Waals surface area contributed by atoms with Gasteiger partial charge in [0.2, 0.25) is 5.91 Å². The first-order valence-corrected chi connectivity index (χ1v) is 11.0. The third-order valence-corrected chi connectivity index (χ3v) is 6.72. The molecule has 1 aliphatic rings. The van der Waals surface area contributed by atoms with Crippen LogP contribution in [0.1, 0.15) is 32.5 Å². The molecule has 1 aromatic heterocycles. The number of carboxylic acids is 1. The fourth-order valence-corrected chi connectivity index (χ4v) is 5.14. The number of amides is 1. The topological polar surface area (TPSA) is 84.9 Å². The number of nitrogens with one attached hydrogen (secondary N) is 1. The molecule has 4 rings (SSSR count). The average Bonchev–Trinajstić information content (AvgIpc) is 3.17. The predicted molar refractivity (Wildman–Crippen MR) is 125 cm³/mol. The fourth-order valence-electron chi connectivity index (χ4n) is 3.77. The Hall–Kier alpha value is -3.29. The van der Waals surface area contributed by atoms with Crippen LogP contribution in [0.5, 0.6) is 11.5 Å². The molecule has 0 saturated heterocycles. The van der Waals surface area contributed by atoms with Gasteiger partial charge >= 0.3 is 5.97 Å². The van der Waals surface area contributed by atoms with Crippen molar-refractivity contribution in [2.75, 3.05) is 19.0 Å². The number of aromatic carboxylic acids is 1. The average molecular weight is 470 g/mol. The highest BCUT2D eigenvalue weighted by molar-refractivity contribution is 7.15. The number of benzene rings is 2. The summed E-state index contributed by atoms with van der Waals surface area (Å²) in [6.45, 7) is 3.97. The van der Waals surface area contributed by atoms with E-state index in [-0.39, 0.29) is 23.1 Å². The van der Waals surface area contributed by atoms with E-state index in [1.165, 1.54) is 11.3 Å². The van der Waals surface area contributed by atoms with Crippen molar-refractivity contribution in [3.63, 3.8) is 0 Å². The maximum Gasteiger partial charge on any atom is 0.346 e. The van der Waals surface area contributed by atoms with E-state index in [0.717, 1.165) is 10.4 Å². The van der Waals surface area contributed by atoms with Gasteiger partial charge in [-0.25, -0.2) is 4.79 Å². The van der Waals surface area contributed by atoms with Crippen molar-refractivity contribution in [2.24, 2.45) is 0 Å². The van der Waals surface area contributed by atoms with Crippen molar-refractivity contribution in [2.45, 2.75) is 12.3 Å². The molecule has 0 spiro atoms. The van der Waals surface area contributed by atoms with E-state index in [1.807, 2.05) is 12.1 Å². The van der Waals surface area contributed by atoms with E-state index >= 15 is 0 Å². The minimum atomic E-state index is -1.05. The lowest BCUT2D eigenvalue weighted by atomic mass is 9.88. The van der Waals surface area contributed by atoms with Crippen molar-refractivity contribution in [1.82, 2.24) is 0 Å². The van der Waals surface area contributed by atoms with Gasteiger partial charge in [-0.15, -0.1) is 11.3 Å². The summed E-state index contributed by atoms with van der Waals surface area (Å²) in [6, 6.07) is 12.4. The number of halogens is 1. The van der Waals surface area contributed by atoms with Gasteiger partial charge in [0.25, 0.3) is 0 Å². The van der Waals surface area contributed by atoms with Crippen LogP contribution in [0.3, 0.4) is 0 Å². The van der Waals surface area contributed by atoms with E-state index in [0.29, 0.717) is 39.9 Å². The molecule has 3 aromatic rings. The van der Waals surface area contributed by atoms with Crippen LogP contribution in [-0.4, -0.2) is 30.7 Å². The fraction of sp³-hybridized carbons (Fsp3) is 0.167. The largest absolute Gasteiger partial charge is 0.493 e. The minimum absolute atomic E-state index is 0.168. The highest BCUT2D eigenvalue weighted by Gasteiger charge is 2.34. The van der Waals surface area contributed by atoms with Crippen LogP contribution in [0.15, 0.2) is 55.1 Å². The molecule has 164 valence electrons. The molecule has 0 fully saturated rings. The first-order valence-electron chi connectivity index (χ1n) is 9.80. The monoisotopic (exact) mass is 469 g/mol. The number of thiophene rings is 1. The molecular formula is C24H20ClNO5S. The number of methoxy groups -OCH3 is 1. The Kier molecular flexibility index (Phi) is 6.21. The second-order valence-corrected chi connectivity index (χ2v) is 8.66. The van der Waals surface area contributed by atoms with Crippen LogP contribution in [0.25, 0.3) is 11.1 Å².